The first-order chi connectivity index (χ1) is 7.93. The highest BCUT2D eigenvalue weighted by Crippen LogP contribution is 2.19. The Kier molecular flexibility index (Phi) is 4.82. The van der Waals surface area contributed by atoms with Crippen LogP contribution in [0.4, 0.5) is 4.39 Å². The Bertz CT molecular complexity index is 429. The molecule has 2 nitrogen and oxygen atoms in total. The third-order valence-corrected chi connectivity index (χ3v) is 2.59. The number of ketones is 2. The van der Waals surface area contributed by atoms with Crippen molar-refractivity contribution in [1.82, 2.24) is 0 Å². The third-order valence-electron chi connectivity index (χ3n) is 2.26. The van der Waals surface area contributed by atoms with Crippen molar-refractivity contribution in [1.29, 1.82) is 0 Å². The van der Waals surface area contributed by atoms with E-state index in [0.717, 1.165) is 0 Å². The molecule has 1 unspecified atom stereocenters. The SMILES string of the molecule is CC(C)CC(=O)C(F)C(=O)c1ccccc1Cl. The molecule has 17 heavy (non-hydrogen) atoms. The Morgan fingerprint density at radius 3 is 2.41 bits per heavy atom. The van der Waals surface area contributed by atoms with E-state index in [1.54, 1.807) is 26.0 Å². The van der Waals surface area contributed by atoms with E-state index in [2.05, 4.69) is 0 Å². The van der Waals surface area contributed by atoms with Gasteiger partial charge in [0.1, 0.15) is 0 Å². The van der Waals surface area contributed by atoms with E-state index in [1.807, 2.05) is 0 Å². The molecule has 0 aliphatic heterocycles. The summed E-state index contributed by atoms with van der Waals surface area (Å²) in [7, 11) is 0. The predicted octanol–water partition coefficient (Wildman–Crippen LogP) is 3.48. The first-order valence-electron chi connectivity index (χ1n) is 5.39. The maximum atomic E-state index is 13.7. The number of carbonyl (C=O) groups excluding carboxylic acids is 2. The van der Waals surface area contributed by atoms with Crippen LogP contribution in [0.25, 0.3) is 0 Å². The van der Waals surface area contributed by atoms with Gasteiger partial charge in [0.2, 0.25) is 12.0 Å². The average Bonchev–Trinajstić information content (AvgIpc) is 2.27. The Hall–Kier alpha value is -1.22. The van der Waals surface area contributed by atoms with Crippen LogP contribution in [0.3, 0.4) is 0 Å². The Morgan fingerprint density at radius 1 is 1.29 bits per heavy atom. The minimum absolute atomic E-state index is 0.0276. The minimum Gasteiger partial charge on any atom is -0.296 e. The van der Waals surface area contributed by atoms with Crippen molar-refractivity contribution in [2.45, 2.75) is 26.4 Å². The van der Waals surface area contributed by atoms with Crippen LogP contribution in [0.2, 0.25) is 5.02 Å². The zero-order chi connectivity index (χ0) is 13.0. The van der Waals surface area contributed by atoms with Crippen LogP contribution >= 0.6 is 11.6 Å². The second-order valence-corrected chi connectivity index (χ2v) is 4.68. The van der Waals surface area contributed by atoms with Crippen LogP contribution < -0.4 is 0 Å². The lowest BCUT2D eigenvalue weighted by molar-refractivity contribution is -0.122. The molecule has 0 spiro atoms. The molecule has 4 heteroatoms. The van der Waals surface area contributed by atoms with Crippen molar-refractivity contribution in [3.8, 4) is 0 Å². The number of hydrogen-bond acceptors (Lipinski definition) is 2. The van der Waals surface area contributed by atoms with Crippen LogP contribution in [0, 0.1) is 5.92 Å². The molecule has 0 amide bonds. The molecule has 0 aliphatic carbocycles. The van der Waals surface area contributed by atoms with Crippen LogP contribution in [0.1, 0.15) is 30.6 Å². The third kappa shape index (κ3) is 3.63. The van der Waals surface area contributed by atoms with Crippen molar-refractivity contribution >= 4 is 23.2 Å². The van der Waals surface area contributed by atoms with Crippen LogP contribution in [0.15, 0.2) is 24.3 Å². The summed E-state index contributed by atoms with van der Waals surface area (Å²) in [6.45, 7) is 3.59. The van der Waals surface area contributed by atoms with Crippen LogP contribution in [-0.2, 0) is 4.79 Å². The zero-order valence-electron chi connectivity index (χ0n) is 9.74. The van der Waals surface area contributed by atoms with E-state index in [9.17, 15) is 14.0 Å². The summed E-state index contributed by atoms with van der Waals surface area (Å²) < 4.78 is 13.7. The monoisotopic (exact) mass is 256 g/mol. The number of alkyl halides is 1. The van der Waals surface area contributed by atoms with Gasteiger partial charge in [-0.3, -0.25) is 9.59 Å². The van der Waals surface area contributed by atoms with Crippen LogP contribution in [0.5, 0.6) is 0 Å². The first kappa shape index (κ1) is 13.8. The zero-order valence-corrected chi connectivity index (χ0v) is 10.5. The van der Waals surface area contributed by atoms with Gasteiger partial charge in [0, 0.05) is 12.0 Å². The van der Waals surface area contributed by atoms with Gasteiger partial charge in [0.05, 0.1) is 5.02 Å². The number of hydrogen-bond donors (Lipinski definition) is 0. The van der Waals surface area contributed by atoms with Crippen molar-refractivity contribution in [2.75, 3.05) is 0 Å². The largest absolute Gasteiger partial charge is 0.296 e. The maximum Gasteiger partial charge on any atom is 0.220 e. The molecule has 0 saturated heterocycles. The lowest BCUT2D eigenvalue weighted by Gasteiger charge is -2.09. The number of Topliss-reactive ketones (excluding diaryl/α,β-unsaturated/α-hetero) is 2. The second kappa shape index (κ2) is 5.92. The summed E-state index contributed by atoms with van der Waals surface area (Å²) in [5.41, 5.74) is 0.0544. The van der Waals surface area contributed by atoms with E-state index in [4.69, 9.17) is 11.6 Å². The molecule has 0 radical (unpaired) electrons. The molecule has 0 aliphatic rings. The fourth-order valence-electron chi connectivity index (χ4n) is 1.45. The number of halogens is 2. The van der Waals surface area contributed by atoms with Gasteiger partial charge in [-0.2, -0.15) is 0 Å². The summed E-state index contributed by atoms with van der Waals surface area (Å²) in [5.74, 6) is -1.52. The van der Waals surface area contributed by atoms with Crippen molar-refractivity contribution in [3.05, 3.63) is 34.9 Å². The molecule has 0 fully saturated rings. The van der Waals surface area contributed by atoms with E-state index in [1.165, 1.54) is 12.1 Å². The lowest BCUT2D eigenvalue weighted by atomic mass is 9.98. The average molecular weight is 257 g/mol. The molecule has 1 aromatic carbocycles. The highest BCUT2D eigenvalue weighted by Gasteiger charge is 2.28. The predicted molar refractivity (Wildman–Crippen MR) is 65.1 cm³/mol. The highest BCUT2D eigenvalue weighted by molar-refractivity contribution is 6.34. The number of rotatable bonds is 5. The van der Waals surface area contributed by atoms with Gasteiger partial charge in [-0.25, -0.2) is 4.39 Å². The van der Waals surface area contributed by atoms with E-state index in [0.29, 0.717) is 0 Å². The Balaban J connectivity index is 2.84. The number of benzene rings is 1. The van der Waals surface area contributed by atoms with Gasteiger partial charge in [0.15, 0.2) is 5.78 Å². The molecule has 92 valence electrons. The Morgan fingerprint density at radius 2 is 1.88 bits per heavy atom. The van der Waals surface area contributed by atoms with E-state index >= 15 is 0 Å². The molecule has 0 aromatic heterocycles. The van der Waals surface area contributed by atoms with E-state index < -0.39 is 17.7 Å². The summed E-state index contributed by atoms with van der Waals surface area (Å²) in [6, 6.07) is 6.13. The van der Waals surface area contributed by atoms with Crippen molar-refractivity contribution < 1.29 is 14.0 Å². The molecule has 0 saturated carbocycles. The van der Waals surface area contributed by atoms with Gasteiger partial charge in [-0.15, -0.1) is 0 Å². The van der Waals surface area contributed by atoms with Gasteiger partial charge in [-0.1, -0.05) is 37.6 Å². The smallest absolute Gasteiger partial charge is 0.220 e. The quantitative estimate of drug-likeness (QED) is 0.597. The minimum atomic E-state index is -2.11. The molecule has 0 bridgehead atoms. The highest BCUT2D eigenvalue weighted by atomic mass is 35.5. The lowest BCUT2D eigenvalue weighted by Crippen LogP contribution is -2.27. The van der Waals surface area contributed by atoms with Gasteiger partial charge in [-0.05, 0) is 18.1 Å². The van der Waals surface area contributed by atoms with Gasteiger partial charge < -0.3 is 0 Å². The van der Waals surface area contributed by atoms with Crippen molar-refractivity contribution in [3.63, 3.8) is 0 Å². The molecule has 1 atom stereocenters. The number of carbonyl (C=O) groups is 2. The standard InChI is InChI=1S/C13H14ClFO2/c1-8(2)7-11(16)12(15)13(17)9-5-3-4-6-10(9)14/h3-6,8,12H,7H2,1-2H3. The van der Waals surface area contributed by atoms with Crippen molar-refractivity contribution in [2.24, 2.45) is 5.92 Å². The molecule has 0 heterocycles. The normalized spacial score (nSPS) is 12.5. The summed E-state index contributed by atoms with van der Waals surface area (Å²) >= 11 is 5.77. The fraction of sp³-hybridized carbons (Fsp3) is 0.385. The molecule has 1 aromatic rings. The first-order valence-corrected chi connectivity index (χ1v) is 5.76. The summed E-state index contributed by atoms with van der Waals surface area (Å²) in [5, 5.41) is 0.164. The van der Waals surface area contributed by atoms with Crippen LogP contribution in [-0.4, -0.2) is 17.7 Å². The fourth-order valence-corrected chi connectivity index (χ4v) is 1.68. The molecule has 0 N–H and O–H groups in total. The second-order valence-electron chi connectivity index (χ2n) is 4.27. The molecular formula is C13H14ClFO2. The van der Waals surface area contributed by atoms with Gasteiger partial charge in [0.25, 0.3) is 0 Å². The van der Waals surface area contributed by atoms with Gasteiger partial charge >= 0.3 is 0 Å². The summed E-state index contributed by atoms with van der Waals surface area (Å²) in [4.78, 5) is 23.1. The van der Waals surface area contributed by atoms with E-state index in [-0.39, 0.29) is 22.9 Å². The topological polar surface area (TPSA) is 34.1 Å². The summed E-state index contributed by atoms with van der Waals surface area (Å²) in [6.07, 6.45) is -2.06. The Labute approximate surface area is 105 Å². The molecular weight excluding hydrogens is 243 g/mol. The maximum absolute atomic E-state index is 13.7. The molecule has 1 rings (SSSR count).